The van der Waals surface area contributed by atoms with Crippen molar-refractivity contribution >= 4 is 0 Å². The zero-order valence-electron chi connectivity index (χ0n) is 15.5. The molecule has 0 nitrogen and oxygen atoms in total. The Kier molecular flexibility index (Phi) is 5.52. The molecule has 0 aromatic carbocycles. The van der Waals surface area contributed by atoms with Gasteiger partial charge in [0, 0.05) is 32.1 Å². The zero-order valence-corrected chi connectivity index (χ0v) is 18.0. The average Bonchev–Trinajstić information content (AvgIpc) is 3.29. The van der Waals surface area contributed by atoms with Crippen molar-refractivity contribution in [3.8, 4) is 0 Å². The standard InChI is InChI=1S/C24H30.Zr/c1-2-10-18(11-3-1)24-21(17-8-4-5-9-17)14-15-22-20-13-7-6-12-19(20)16-23(22)24;/h4-5,8,21H,1-3,6-7,9-16H2;. The molecule has 0 aliphatic heterocycles. The fourth-order valence-corrected chi connectivity index (χ4v) is 6.03. The van der Waals surface area contributed by atoms with E-state index in [2.05, 4.69) is 18.2 Å². The van der Waals surface area contributed by atoms with Crippen molar-refractivity contribution in [3.63, 3.8) is 0 Å². The molecule has 0 saturated heterocycles. The maximum Gasteiger partial charge on any atom is 0.00600 e. The fourth-order valence-electron chi connectivity index (χ4n) is 6.03. The molecule has 5 aliphatic rings. The molecule has 5 rings (SSSR count). The first-order valence-corrected chi connectivity index (χ1v) is 10.4. The van der Waals surface area contributed by atoms with Gasteiger partial charge in [0.2, 0.25) is 0 Å². The van der Waals surface area contributed by atoms with Crippen LogP contribution in [0.15, 0.2) is 57.2 Å². The molecule has 0 radical (unpaired) electrons. The Labute approximate surface area is 172 Å². The van der Waals surface area contributed by atoms with Crippen LogP contribution in [-0.4, -0.2) is 0 Å². The minimum Gasteiger partial charge on any atom is -0.0804 e. The quantitative estimate of drug-likeness (QED) is 0.433. The van der Waals surface area contributed by atoms with Crippen LogP contribution in [0.3, 0.4) is 0 Å². The number of hydrogen-bond acceptors (Lipinski definition) is 0. The van der Waals surface area contributed by atoms with Gasteiger partial charge in [-0.25, -0.2) is 0 Å². The Bertz CT molecular complexity index is 702. The third kappa shape index (κ3) is 3.20. The Balaban J connectivity index is 0.00000157. The molecule has 0 aromatic heterocycles. The molecule has 1 fully saturated rings. The fraction of sp³-hybridized carbons (Fsp3) is 0.583. The summed E-state index contributed by atoms with van der Waals surface area (Å²) in [6, 6.07) is 0. The van der Waals surface area contributed by atoms with Crippen molar-refractivity contribution < 1.29 is 26.2 Å². The molecule has 0 spiro atoms. The van der Waals surface area contributed by atoms with Crippen molar-refractivity contribution in [1.82, 2.24) is 0 Å². The first kappa shape index (κ1) is 18.0. The van der Waals surface area contributed by atoms with Crippen LogP contribution in [0.25, 0.3) is 0 Å². The van der Waals surface area contributed by atoms with Gasteiger partial charge in [-0.2, -0.15) is 0 Å². The van der Waals surface area contributed by atoms with E-state index < -0.39 is 0 Å². The van der Waals surface area contributed by atoms with Crippen molar-refractivity contribution in [2.45, 2.75) is 83.5 Å². The third-order valence-electron chi connectivity index (χ3n) is 7.14. The summed E-state index contributed by atoms with van der Waals surface area (Å²) in [5.41, 5.74) is 12.7. The first-order valence-electron chi connectivity index (χ1n) is 10.4. The number of rotatable bonds is 1. The monoisotopic (exact) mass is 408 g/mol. The topological polar surface area (TPSA) is 0 Å². The second-order valence-corrected chi connectivity index (χ2v) is 8.47. The van der Waals surface area contributed by atoms with Crippen molar-refractivity contribution in [1.29, 1.82) is 0 Å². The maximum atomic E-state index is 2.43. The van der Waals surface area contributed by atoms with E-state index in [1.807, 2.05) is 33.4 Å². The van der Waals surface area contributed by atoms with Gasteiger partial charge in [-0.3, -0.25) is 0 Å². The zero-order chi connectivity index (χ0) is 15.9. The van der Waals surface area contributed by atoms with Crippen LogP contribution in [0.1, 0.15) is 83.5 Å². The van der Waals surface area contributed by atoms with E-state index in [1.54, 1.807) is 5.57 Å². The minimum atomic E-state index is 0. The van der Waals surface area contributed by atoms with Crippen LogP contribution >= 0.6 is 0 Å². The van der Waals surface area contributed by atoms with Crippen LogP contribution in [-0.2, 0) is 26.2 Å². The molecule has 130 valence electrons. The molecule has 0 amide bonds. The summed E-state index contributed by atoms with van der Waals surface area (Å²) >= 11 is 0. The van der Waals surface area contributed by atoms with Gasteiger partial charge in [0.15, 0.2) is 0 Å². The maximum absolute atomic E-state index is 2.43. The molecule has 0 N–H and O–H groups in total. The average molecular weight is 410 g/mol. The molecule has 5 aliphatic carbocycles. The summed E-state index contributed by atoms with van der Waals surface area (Å²) in [4.78, 5) is 0. The molecule has 0 bridgehead atoms. The van der Waals surface area contributed by atoms with E-state index in [0.29, 0.717) is 0 Å². The van der Waals surface area contributed by atoms with E-state index in [4.69, 9.17) is 0 Å². The summed E-state index contributed by atoms with van der Waals surface area (Å²) in [5.74, 6) is 0.744. The van der Waals surface area contributed by atoms with Gasteiger partial charge in [-0.15, -0.1) is 0 Å². The van der Waals surface area contributed by atoms with Crippen LogP contribution in [0, 0.1) is 5.92 Å². The van der Waals surface area contributed by atoms with Gasteiger partial charge in [0.05, 0.1) is 0 Å². The van der Waals surface area contributed by atoms with E-state index in [0.717, 1.165) is 5.92 Å². The second-order valence-electron chi connectivity index (χ2n) is 8.47. The normalized spacial score (nSPS) is 28.8. The molecule has 0 aromatic rings. The van der Waals surface area contributed by atoms with E-state index >= 15 is 0 Å². The number of fused-ring (bicyclic) bond motifs is 1. The smallest absolute Gasteiger partial charge is 0.00600 e. The van der Waals surface area contributed by atoms with E-state index in [1.165, 1.54) is 83.5 Å². The van der Waals surface area contributed by atoms with Gasteiger partial charge >= 0.3 is 0 Å². The Hall–Kier alpha value is -0.417. The Morgan fingerprint density at radius 3 is 2.28 bits per heavy atom. The molecule has 0 heterocycles. The van der Waals surface area contributed by atoms with Crippen LogP contribution in [0.4, 0.5) is 0 Å². The SMILES string of the molecule is C1=CCC(C2CCC3=C(CC4=C3CCCC4)C2=C2CCCCC2)=C1.[Zr]. The van der Waals surface area contributed by atoms with E-state index in [-0.39, 0.29) is 26.2 Å². The predicted octanol–water partition coefficient (Wildman–Crippen LogP) is 7.11. The molecule has 1 heteroatoms. The summed E-state index contributed by atoms with van der Waals surface area (Å²) in [6.45, 7) is 0. The van der Waals surface area contributed by atoms with Crippen molar-refractivity contribution in [3.05, 3.63) is 57.2 Å². The van der Waals surface area contributed by atoms with E-state index in [9.17, 15) is 0 Å². The van der Waals surface area contributed by atoms with Gasteiger partial charge in [-0.1, -0.05) is 41.4 Å². The Morgan fingerprint density at radius 2 is 1.48 bits per heavy atom. The molecular weight excluding hydrogens is 379 g/mol. The Morgan fingerprint density at radius 1 is 0.720 bits per heavy atom. The molecule has 1 unspecified atom stereocenters. The van der Waals surface area contributed by atoms with Gasteiger partial charge in [0.1, 0.15) is 0 Å². The first-order chi connectivity index (χ1) is 11.9. The third-order valence-corrected chi connectivity index (χ3v) is 7.14. The van der Waals surface area contributed by atoms with Crippen LogP contribution < -0.4 is 0 Å². The minimum absolute atomic E-state index is 0. The predicted molar refractivity (Wildman–Crippen MR) is 102 cm³/mol. The molecular formula is C24H30Zr. The van der Waals surface area contributed by atoms with Gasteiger partial charge < -0.3 is 0 Å². The molecule has 1 saturated carbocycles. The number of allylic oxidation sites excluding steroid dienone is 10. The largest absolute Gasteiger partial charge is 0.0804 e. The summed E-state index contributed by atoms with van der Waals surface area (Å²) < 4.78 is 0. The van der Waals surface area contributed by atoms with Gasteiger partial charge in [-0.05, 0) is 99.3 Å². The van der Waals surface area contributed by atoms with Crippen LogP contribution in [0.2, 0.25) is 0 Å². The summed E-state index contributed by atoms with van der Waals surface area (Å²) in [5, 5.41) is 0. The number of hydrogen-bond donors (Lipinski definition) is 0. The van der Waals surface area contributed by atoms with Crippen molar-refractivity contribution in [2.24, 2.45) is 5.92 Å². The summed E-state index contributed by atoms with van der Waals surface area (Å²) in [7, 11) is 0. The molecule has 25 heavy (non-hydrogen) atoms. The second kappa shape index (κ2) is 7.68. The molecule has 1 atom stereocenters. The van der Waals surface area contributed by atoms with Crippen LogP contribution in [0.5, 0.6) is 0 Å². The van der Waals surface area contributed by atoms with Gasteiger partial charge in [0.25, 0.3) is 0 Å². The summed E-state index contributed by atoms with van der Waals surface area (Å²) in [6.07, 6.45) is 25.1. The van der Waals surface area contributed by atoms with Crippen molar-refractivity contribution in [2.75, 3.05) is 0 Å².